The van der Waals surface area contributed by atoms with Gasteiger partial charge in [-0.2, -0.15) is 5.10 Å². The van der Waals surface area contributed by atoms with E-state index in [4.69, 9.17) is 0 Å². The van der Waals surface area contributed by atoms with Crippen LogP contribution in [-0.2, 0) is 6.67 Å². The number of amides is 1. The number of nitrogens with zero attached hydrogens (tertiary/aromatic N) is 6. The van der Waals surface area contributed by atoms with Crippen molar-refractivity contribution < 1.29 is 4.79 Å². The minimum Gasteiger partial charge on any atom is -0.345 e. The van der Waals surface area contributed by atoms with Gasteiger partial charge in [-0.05, 0) is 67.6 Å². The Morgan fingerprint density at radius 1 is 1.00 bits per heavy atom. The van der Waals surface area contributed by atoms with Crippen LogP contribution in [-0.4, -0.2) is 41.4 Å². The van der Waals surface area contributed by atoms with E-state index < -0.39 is 0 Å². The Labute approximate surface area is 174 Å². The second kappa shape index (κ2) is 6.75. The van der Waals surface area contributed by atoms with Crippen LogP contribution in [0.2, 0.25) is 0 Å². The summed E-state index contributed by atoms with van der Waals surface area (Å²) in [6.07, 6.45) is 9.28. The van der Waals surface area contributed by atoms with Gasteiger partial charge in [-0.15, -0.1) is 15.0 Å². The first-order chi connectivity index (χ1) is 14.6. The van der Waals surface area contributed by atoms with Crippen LogP contribution in [0, 0.1) is 17.8 Å². The van der Waals surface area contributed by atoms with Crippen LogP contribution in [0.15, 0.2) is 42.6 Å². The van der Waals surface area contributed by atoms with E-state index in [2.05, 4.69) is 25.8 Å². The molecule has 30 heavy (non-hydrogen) atoms. The minimum atomic E-state index is -0.0628. The van der Waals surface area contributed by atoms with E-state index in [9.17, 15) is 4.79 Å². The van der Waals surface area contributed by atoms with Gasteiger partial charge in [0.05, 0.1) is 0 Å². The zero-order valence-electron chi connectivity index (χ0n) is 16.8. The molecule has 1 amide bonds. The fraction of sp³-hybridized carbons (Fsp3) is 0.500. The second-order valence-corrected chi connectivity index (χ2v) is 9.39. The van der Waals surface area contributed by atoms with Crippen LogP contribution in [0.1, 0.15) is 49.0 Å². The maximum atomic E-state index is 12.9. The molecule has 4 aliphatic carbocycles. The van der Waals surface area contributed by atoms with E-state index >= 15 is 0 Å². The van der Waals surface area contributed by atoms with Crippen molar-refractivity contribution in [2.75, 3.05) is 0 Å². The van der Waals surface area contributed by atoms with Gasteiger partial charge >= 0.3 is 0 Å². The maximum Gasteiger partial charge on any atom is 0.272 e. The average molecular weight is 403 g/mol. The molecule has 0 unspecified atom stereocenters. The lowest BCUT2D eigenvalue weighted by Gasteiger charge is -2.56. The summed E-state index contributed by atoms with van der Waals surface area (Å²) < 4.78 is 1.67. The minimum absolute atomic E-state index is 0.00629. The summed E-state index contributed by atoms with van der Waals surface area (Å²) in [6, 6.07) is 11.5. The van der Waals surface area contributed by atoms with Gasteiger partial charge in [-0.1, -0.05) is 30.3 Å². The molecule has 4 bridgehead atoms. The Bertz CT molecular complexity index is 1030. The summed E-state index contributed by atoms with van der Waals surface area (Å²) in [5.41, 5.74) is 1.36. The second-order valence-electron chi connectivity index (χ2n) is 9.39. The molecular weight excluding hydrogens is 378 g/mol. The first kappa shape index (κ1) is 17.8. The lowest BCUT2D eigenvalue weighted by molar-refractivity contribution is -0.0168. The van der Waals surface area contributed by atoms with Gasteiger partial charge in [0, 0.05) is 17.3 Å². The average Bonchev–Trinajstić information content (AvgIpc) is 3.37. The van der Waals surface area contributed by atoms with Crippen LogP contribution in [0.4, 0.5) is 0 Å². The maximum absolute atomic E-state index is 12.9. The normalized spacial score (nSPS) is 29.3. The predicted molar refractivity (Wildman–Crippen MR) is 109 cm³/mol. The third-order valence-electron chi connectivity index (χ3n) is 7.05. The Hall–Kier alpha value is -3.03. The molecule has 0 saturated heterocycles. The number of rotatable bonds is 5. The van der Waals surface area contributed by atoms with E-state index in [1.165, 1.54) is 24.1 Å². The first-order valence-corrected chi connectivity index (χ1v) is 10.8. The van der Waals surface area contributed by atoms with Crippen LogP contribution < -0.4 is 5.32 Å². The summed E-state index contributed by atoms with van der Waals surface area (Å²) >= 11 is 0. The smallest absolute Gasteiger partial charge is 0.272 e. The SMILES string of the molecule is O=C(NC12CC3CC(CC(C3)C1)C2)c1ccn(Cn2nnc(-c3ccccc3)n2)n1. The van der Waals surface area contributed by atoms with Crippen molar-refractivity contribution in [1.29, 1.82) is 0 Å². The predicted octanol–water partition coefficient (Wildman–Crippen LogP) is 2.74. The molecule has 1 N–H and O–H groups in total. The lowest BCUT2D eigenvalue weighted by Crippen LogP contribution is -2.59. The van der Waals surface area contributed by atoms with Crippen molar-refractivity contribution in [1.82, 2.24) is 35.3 Å². The van der Waals surface area contributed by atoms with Gasteiger partial charge in [-0.25, -0.2) is 4.68 Å². The fourth-order valence-electron chi connectivity index (χ4n) is 6.27. The van der Waals surface area contributed by atoms with Crippen LogP contribution in [0.25, 0.3) is 11.4 Å². The van der Waals surface area contributed by atoms with Crippen molar-refractivity contribution in [2.24, 2.45) is 17.8 Å². The number of tetrazole rings is 1. The quantitative estimate of drug-likeness (QED) is 0.707. The molecule has 0 aliphatic heterocycles. The molecule has 0 radical (unpaired) electrons. The highest BCUT2D eigenvalue weighted by atomic mass is 16.2. The molecule has 2 aromatic heterocycles. The number of aromatic nitrogens is 6. The Balaban J connectivity index is 1.14. The van der Waals surface area contributed by atoms with Crippen molar-refractivity contribution >= 4 is 5.91 Å². The number of hydrogen-bond donors (Lipinski definition) is 1. The van der Waals surface area contributed by atoms with Crippen molar-refractivity contribution in [3.05, 3.63) is 48.3 Å². The van der Waals surface area contributed by atoms with Crippen molar-refractivity contribution in [2.45, 2.75) is 50.7 Å². The van der Waals surface area contributed by atoms with Gasteiger partial charge in [0.1, 0.15) is 5.69 Å². The first-order valence-electron chi connectivity index (χ1n) is 10.8. The van der Waals surface area contributed by atoms with Crippen LogP contribution in [0.3, 0.4) is 0 Å². The Morgan fingerprint density at radius 2 is 1.70 bits per heavy atom. The fourth-order valence-corrected chi connectivity index (χ4v) is 6.27. The third-order valence-corrected chi connectivity index (χ3v) is 7.05. The van der Waals surface area contributed by atoms with Gasteiger partial charge in [0.25, 0.3) is 5.91 Å². The number of carbonyl (C=O) groups excluding carboxylic acids is 1. The van der Waals surface area contributed by atoms with Crippen LogP contribution >= 0.6 is 0 Å². The lowest BCUT2D eigenvalue weighted by atomic mass is 9.53. The number of nitrogens with one attached hydrogen (secondary N) is 1. The molecule has 154 valence electrons. The number of hydrogen-bond acceptors (Lipinski definition) is 5. The largest absolute Gasteiger partial charge is 0.345 e. The van der Waals surface area contributed by atoms with E-state index in [-0.39, 0.29) is 11.4 Å². The highest BCUT2D eigenvalue weighted by molar-refractivity contribution is 5.92. The van der Waals surface area contributed by atoms with Crippen LogP contribution in [0.5, 0.6) is 0 Å². The summed E-state index contributed by atoms with van der Waals surface area (Å²) in [5, 5.41) is 20.5. The molecule has 7 rings (SSSR count). The molecule has 0 atom stereocenters. The van der Waals surface area contributed by atoms with Gasteiger partial charge in [-0.3, -0.25) is 4.79 Å². The highest BCUT2D eigenvalue weighted by Crippen LogP contribution is 2.55. The highest BCUT2D eigenvalue weighted by Gasteiger charge is 2.51. The van der Waals surface area contributed by atoms with Gasteiger partial charge < -0.3 is 5.32 Å². The zero-order valence-corrected chi connectivity index (χ0v) is 16.8. The van der Waals surface area contributed by atoms with Crippen molar-refractivity contribution in [3.63, 3.8) is 0 Å². The summed E-state index contributed by atoms with van der Waals surface area (Å²) in [5.74, 6) is 2.90. The van der Waals surface area contributed by atoms with E-state index in [1.54, 1.807) is 16.9 Å². The van der Waals surface area contributed by atoms with Gasteiger partial charge in [0.2, 0.25) is 5.82 Å². The summed E-state index contributed by atoms with van der Waals surface area (Å²) in [7, 11) is 0. The number of benzene rings is 1. The summed E-state index contributed by atoms with van der Waals surface area (Å²) in [4.78, 5) is 14.4. The molecule has 3 aromatic rings. The Morgan fingerprint density at radius 3 is 2.40 bits per heavy atom. The van der Waals surface area contributed by atoms with E-state index in [0.29, 0.717) is 18.2 Å². The van der Waals surface area contributed by atoms with E-state index in [1.807, 2.05) is 30.3 Å². The Kier molecular flexibility index (Phi) is 4.01. The molecule has 4 aliphatic rings. The molecular formula is C22H25N7O. The molecule has 4 fully saturated rings. The molecule has 8 heteroatoms. The standard InChI is InChI=1S/C22H25N7O/c30-21(23-22-11-15-8-16(12-22)10-17(9-15)13-22)19-6-7-28(25-19)14-29-26-20(24-27-29)18-4-2-1-3-5-18/h1-7,15-17H,8-14H2,(H,23,30). The molecule has 4 saturated carbocycles. The molecule has 2 heterocycles. The molecule has 1 aromatic carbocycles. The van der Waals surface area contributed by atoms with Crippen molar-refractivity contribution in [3.8, 4) is 11.4 Å². The topological polar surface area (TPSA) is 90.5 Å². The number of carbonyl (C=O) groups is 1. The monoisotopic (exact) mass is 403 g/mol. The zero-order chi connectivity index (χ0) is 20.1. The van der Waals surface area contributed by atoms with Gasteiger partial charge in [0.15, 0.2) is 6.67 Å². The molecule has 8 nitrogen and oxygen atoms in total. The summed E-state index contributed by atoms with van der Waals surface area (Å²) in [6.45, 7) is 0.310. The third kappa shape index (κ3) is 3.20. The van der Waals surface area contributed by atoms with E-state index in [0.717, 1.165) is 42.6 Å². The molecule has 0 spiro atoms.